The molecule has 0 bridgehead atoms. The summed E-state index contributed by atoms with van der Waals surface area (Å²) >= 11 is 7.86. The van der Waals surface area contributed by atoms with Crippen LogP contribution < -0.4 is 10.2 Å². The first kappa shape index (κ1) is 29.7. The van der Waals surface area contributed by atoms with Crippen LogP contribution in [-0.2, 0) is 34.2 Å². The zero-order valence-corrected chi connectivity index (χ0v) is 24.7. The van der Waals surface area contributed by atoms with Gasteiger partial charge in [-0.1, -0.05) is 29.8 Å². The zero-order chi connectivity index (χ0) is 30.0. The van der Waals surface area contributed by atoms with Crippen molar-refractivity contribution < 1.29 is 28.6 Å². The fraction of sp³-hybridized carbons (Fsp3) is 0.333. The summed E-state index contributed by atoms with van der Waals surface area (Å²) in [6, 6.07) is 9.97. The van der Waals surface area contributed by atoms with E-state index in [1.54, 1.807) is 19.3 Å². The molecular formula is C30H30ClFN4O5S. The molecule has 1 amide bonds. The summed E-state index contributed by atoms with van der Waals surface area (Å²) in [6.07, 6.45) is 3.43. The lowest BCUT2D eigenvalue weighted by molar-refractivity contribution is -0.137. The molecule has 9 nitrogen and oxygen atoms in total. The third-order valence-corrected chi connectivity index (χ3v) is 8.71. The summed E-state index contributed by atoms with van der Waals surface area (Å²) in [6.45, 7) is 2.90. The van der Waals surface area contributed by atoms with E-state index in [0.717, 1.165) is 27.0 Å². The molecular weight excluding hydrogens is 583 g/mol. The van der Waals surface area contributed by atoms with Crippen molar-refractivity contribution in [1.29, 1.82) is 0 Å². The molecule has 3 heterocycles. The van der Waals surface area contributed by atoms with Crippen molar-refractivity contribution in [3.05, 3.63) is 75.6 Å². The lowest BCUT2D eigenvalue weighted by Crippen LogP contribution is -2.30. The van der Waals surface area contributed by atoms with Crippen LogP contribution in [-0.4, -0.2) is 57.6 Å². The molecule has 2 N–H and O–H groups in total. The first-order chi connectivity index (χ1) is 20.1. The molecule has 1 aliphatic heterocycles. The summed E-state index contributed by atoms with van der Waals surface area (Å²) in [5.74, 6) is -2.21. The van der Waals surface area contributed by atoms with Gasteiger partial charge in [0.25, 0.3) is 5.91 Å². The third kappa shape index (κ3) is 6.64. The van der Waals surface area contributed by atoms with Crippen molar-refractivity contribution in [3.8, 4) is 0 Å². The second-order valence-corrected chi connectivity index (χ2v) is 11.8. The van der Waals surface area contributed by atoms with Gasteiger partial charge in [-0.25, -0.2) is 9.37 Å². The summed E-state index contributed by atoms with van der Waals surface area (Å²) in [7, 11) is 1.84. The van der Waals surface area contributed by atoms with E-state index in [4.69, 9.17) is 21.4 Å². The highest BCUT2D eigenvalue weighted by Gasteiger charge is 2.29. The van der Waals surface area contributed by atoms with Crippen LogP contribution in [0.4, 0.5) is 15.2 Å². The number of aromatic nitrogens is 2. The standard InChI is InChI=1S/C30H30ClFN4O5S/c1-17(41-19-9-10-36(15-19)30-33-14-20(42-30)7-8-28(38)39)27(37)12-18-11-23(31)25(13-24(18)32)34-29(40)22-16-35(2)26-6-4-3-5-21(22)26/h3-6,11,13-14,16-17,19H,7-10,12,15H2,1-2H3,(H,34,40)(H,38,39)/t17?,19-/m0/s1. The van der Waals surface area contributed by atoms with Crippen LogP contribution in [0.1, 0.15) is 40.6 Å². The number of carboxylic acids is 1. The lowest BCUT2D eigenvalue weighted by atomic mass is 10.0. The largest absolute Gasteiger partial charge is 0.481 e. The maximum absolute atomic E-state index is 15.1. The Morgan fingerprint density at radius 2 is 2.07 bits per heavy atom. The monoisotopic (exact) mass is 612 g/mol. The van der Waals surface area contributed by atoms with Crippen molar-refractivity contribution in [2.75, 3.05) is 23.3 Å². The Morgan fingerprint density at radius 3 is 2.86 bits per heavy atom. The second kappa shape index (κ2) is 12.6. The van der Waals surface area contributed by atoms with E-state index in [-0.39, 0.29) is 41.0 Å². The van der Waals surface area contributed by atoms with Gasteiger partial charge in [0.1, 0.15) is 11.9 Å². The number of carboxylic acid groups (broad SMARTS) is 1. The molecule has 12 heteroatoms. The van der Waals surface area contributed by atoms with Gasteiger partial charge < -0.3 is 24.6 Å². The minimum Gasteiger partial charge on any atom is -0.481 e. The number of halogens is 2. The number of thiazole rings is 1. The molecule has 42 heavy (non-hydrogen) atoms. The molecule has 220 valence electrons. The van der Waals surface area contributed by atoms with Gasteiger partial charge in [-0.15, -0.1) is 11.3 Å². The molecule has 0 aliphatic carbocycles. The number of rotatable bonds is 11. The first-order valence-electron chi connectivity index (χ1n) is 13.5. The molecule has 0 spiro atoms. The zero-order valence-electron chi connectivity index (χ0n) is 23.1. The normalized spacial score (nSPS) is 15.7. The number of anilines is 2. The van der Waals surface area contributed by atoms with Crippen LogP contribution in [0.25, 0.3) is 10.9 Å². The molecule has 1 unspecified atom stereocenters. The second-order valence-electron chi connectivity index (χ2n) is 10.3. The van der Waals surface area contributed by atoms with Gasteiger partial charge in [0, 0.05) is 54.7 Å². The number of aryl methyl sites for hydroxylation is 2. The Bertz CT molecular complexity index is 1650. The van der Waals surface area contributed by atoms with E-state index < -0.39 is 23.8 Å². The highest BCUT2D eigenvalue weighted by atomic mass is 35.5. The van der Waals surface area contributed by atoms with Crippen molar-refractivity contribution >= 4 is 62.3 Å². The average molecular weight is 613 g/mol. The van der Waals surface area contributed by atoms with Crippen LogP contribution in [0.3, 0.4) is 0 Å². The Hall–Kier alpha value is -3.80. The number of carbonyl (C=O) groups is 3. The van der Waals surface area contributed by atoms with Gasteiger partial charge in [-0.05, 0) is 43.5 Å². The fourth-order valence-electron chi connectivity index (χ4n) is 5.03. The van der Waals surface area contributed by atoms with E-state index in [1.807, 2.05) is 35.9 Å². The number of amides is 1. The van der Waals surface area contributed by atoms with E-state index in [1.165, 1.54) is 17.4 Å². The summed E-state index contributed by atoms with van der Waals surface area (Å²) in [4.78, 5) is 44.1. The number of para-hydroxylation sites is 1. The number of ether oxygens (including phenoxy) is 1. The molecule has 2 atom stereocenters. The number of benzene rings is 2. The van der Waals surface area contributed by atoms with Gasteiger partial charge in [0.05, 0.1) is 28.8 Å². The third-order valence-electron chi connectivity index (χ3n) is 7.28. The molecule has 2 aromatic carbocycles. The quantitative estimate of drug-likeness (QED) is 0.230. The van der Waals surface area contributed by atoms with Crippen molar-refractivity contribution in [3.63, 3.8) is 0 Å². The van der Waals surface area contributed by atoms with Gasteiger partial charge in [-0.3, -0.25) is 14.4 Å². The van der Waals surface area contributed by atoms with Crippen molar-refractivity contribution in [2.24, 2.45) is 7.05 Å². The van der Waals surface area contributed by atoms with Gasteiger partial charge in [0.2, 0.25) is 0 Å². The predicted molar refractivity (Wildman–Crippen MR) is 160 cm³/mol. The molecule has 1 fully saturated rings. The van der Waals surface area contributed by atoms with Gasteiger partial charge >= 0.3 is 5.97 Å². The predicted octanol–water partition coefficient (Wildman–Crippen LogP) is 5.49. The Labute approximate surface area is 250 Å². The molecule has 0 radical (unpaired) electrons. The van der Waals surface area contributed by atoms with E-state index in [2.05, 4.69) is 15.2 Å². The molecule has 2 aromatic heterocycles. The first-order valence-corrected chi connectivity index (χ1v) is 14.7. The number of nitrogens with one attached hydrogen (secondary N) is 1. The number of ketones is 1. The van der Waals surface area contributed by atoms with Crippen LogP contribution >= 0.6 is 22.9 Å². The van der Waals surface area contributed by atoms with Crippen LogP contribution in [0.2, 0.25) is 5.02 Å². The molecule has 4 aromatic rings. The highest BCUT2D eigenvalue weighted by molar-refractivity contribution is 7.15. The van der Waals surface area contributed by atoms with Crippen LogP contribution in [0.15, 0.2) is 48.8 Å². The summed E-state index contributed by atoms with van der Waals surface area (Å²) < 4.78 is 22.9. The highest BCUT2D eigenvalue weighted by Crippen LogP contribution is 2.30. The van der Waals surface area contributed by atoms with Crippen molar-refractivity contribution in [1.82, 2.24) is 9.55 Å². The number of aliphatic carboxylic acids is 1. The SMILES string of the molecule is CC(O[C@H]1CCN(c2ncc(CCC(=O)O)s2)C1)C(=O)Cc1cc(Cl)c(NC(=O)c2cn(C)c3ccccc23)cc1F. The maximum Gasteiger partial charge on any atom is 0.303 e. The Morgan fingerprint density at radius 1 is 1.29 bits per heavy atom. The number of fused-ring (bicyclic) bond motifs is 1. The summed E-state index contributed by atoms with van der Waals surface area (Å²) in [5.41, 5.74) is 1.56. The smallest absolute Gasteiger partial charge is 0.303 e. The lowest BCUT2D eigenvalue weighted by Gasteiger charge is -2.19. The Balaban J connectivity index is 1.17. The molecule has 0 saturated carbocycles. The van der Waals surface area contributed by atoms with E-state index in [0.29, 0.717) is 31.5 Å². The van der Waals surface area contributed by atoms with E-state index >= 15 is 4.39 Å². The van der Waals surface area contributed by atoms with Gasteiger partial charge in [-0.2, -0.15) is 0 Å². The minimum atomic E-state index is -0.847. The van der Waals surface area contributed by atoms with Crippen LogP contribution in [0.5, 0.6) is 0 Å². The number of hydrogen-bond acceptors (Lipinski definition) is 7. The van der Waals surface area contributed by atoms with Crippen LogP contribution in [0, 0.1) is 5.82 Å². The number of Topliss-reactive ketones (excluding diaryl/α,β-unsaturated/α-hetero) is 1. The minimum absolute atomic E-state index is 0.0568. The average Bonchev–Trinajstić information content (AvgIpc) is 3.69. The van der Waals surface area contributed by atoms with Gasteiger partial charge in [0.15, 0.2) is 10.9 Å². The Kier molecular flexibility index (Phi) is 8.91. The number of hydrogen-bond donors (Lipinski definition) is 2. The molecule has 5 rings (SSSR count). The fourth-order valence-corrected chi connectivity index (χ4v) is 6.21. The number of nitrogens with zero attached hydrogens (tertiary/aromatic N) is 3. The topological polar surface area (TPSA) is 114 Å². The molecule has 1 saturated heterocycles. The maximum atomic E-state index is 15.1. The summed E-state index contributed by atoms with van der Waals surface area (Å²) in [5, 5.41) is 13.3. The van der Waals surface area contributed by atoms with Crippen molar-refractivity contribution in [2.45, 2.75) is 44.8 Å². The van der Waals surface area contributed by atoms with E-state index in [9.17, 15) is 14.4 Å². The molecule has 1 aliphatic rings. The number of carbonyl (C=O) groups excluding carboxylic acids is 2.